The highest BCUT2D eigenvalue weighted by atomic mass is 16.1. The molecule has 1 saturated heterocycles. The van der Waals surface area contributed by atoms with Gasteiger partial charge in [0.2, 0.25) is 5.95 Å². The van der Waals surface area contributed by atoms with Gasteiger partial charge in [-0.15, -0.1) is 0 Å². The smallest absolute Gasteiger partial charge is 0.256 e. The molecule has 0 radical (unpaired) electrons. The van der Waals surface area contributed by atoms with Crippen molar-refractivity contribution in [3.05, 3.63) is 40.2 Å². The van der Waals surface area contributed by atoms with Crippen LogP contribution in [-0.2, 0) is 6.54 Å². The van der Waals surface area contributed by atoms with Crippen LogP contribution in [-0.4, -0.2) is 46.7 Å². The number of aromatic nitrogens is 4. The number of hydrogen-bond donors (Lipinski definition) is 0. The summed E-state index contributed by atoms with van der Waals surface area (Å²) < 4.78 is 1.76. The fraction of sp³-hybridized carbons (Fsp3) is 0.556. The van der Waals surface area contributed by atoms with Gasteiger partial charge < -0.3 is 9.80 Å². The highest BCUT2D eigenvalue weighted by Crippen LogP contribution is 2.23. The second-order valence-electron chi connectivity index (χ2n) is 6.95. The Morgan fingerprint density at radius 3 is 2.60 bits per heavy atom. The van der Waals surface area contributed by atoms with E-state index < -0.39 is 0 Å². The molecule has 3 rings (SSSR count). The van der Waals surface area contributed by atoms with Gasteiger partial charge in [0.15, 0.2) is 0 Å². The van der Waals surface area contributed by atoms with Gasteiger partial charge in [0.1, 0.15) is 5.82 Å². The maximum absolute atomic E-state index is 12.3. The van der Waals surface area contributed by atoms with E-state index >= 15 is 0 Å². The molecule has 0 saturated carbocycles. The fourth-order valence-corrected chi connectivity index (χ4v) is 3.16. The van der Waals surface area contributed by atoms with Crippen LogP contribution in [0.2, 0.25) is 0 Å². The molecule has 0 N–H and O–H groups in total. The minimum absolute atomic E-state index is 0.0846. The summed E-state index contributed by atoms with van der Waals surface area (Å²) in [4.78, 5) is 29.8. The molecule has 1 aliphatic rings. The number of piperidine rings is 1. The van der Waals surface area contributed by atoms with Gasteiger partial charge in [-0.25, -0.2) is 9.97 Å². The Morgan fingerprint density at radius 2 is 1.92 bits per heavy atom. The molecule has 2 aromatic heterocycles. The number of rotatable bonds is 4. The summed E-state index contributed by atoms with van der Waals surface area (Å²) >= 11 is 0. The molecule has 7 heteroatoms. The third-order valence-electron chi connectivity index (χ3n) is 4.94. The first kappa shape index (κ1) is 17.4. The lowest BCUT2D eigenvalue weighted by Gasteiger charge is -2.33. The van der Waals surface area contributed by atoms with Crippen LogP contribution < -0.4 is 15.4 Å². The van der Waals surface area contributed by atoms with Crippen LogP contribution in [0.1, 0.15) is 24.1 Å². The third kappa shape index (κ3) is 3.81. The molecule has 0 atom stereocenters. The quantitative estimate of drug-likeness (QED) is 0.841. The van der Waals surface area contributed by atoms with Crippen LogP contribution in [0.15, 0.2) is 23.4 Å². The van der Waals surface area contributed by atoms with Gasteiger partial charge in [-0.3, -0.25) is 9.36 Å². The minimum Gasteiger partial charge on any atom is -0.356 e. The predicted molar refractivity (Wildman–Crippen MR) is 99.3 cm³/mol. The van der Waals surface area contributed by atoms with E-state index in [0.29, 0.717) is 5.92 Å². The lowest BCUT2D eigenvalue weighted by Crippen LogP contribution is -2.37. The van der Waals surface area contributed by atoms with Crippen molar-refractivity contribution in [1.82, 2.24) is 19.5 Å². The Bertz CT molecular complexity index is 792. The van der Waals surface area contributed by atoms with Crippen molar-refractivity contribution in [3.63, 3.8) is 0 Å². The minimum atomic E-state index is 0.0846. The molecule has 3 heterocycles. The Hall–Kier alpha value is -2.44. The van der Waals surface area contributed by atoms with Crippen molar-refractivity contribution in [3.8, 4) is 0 Å². The lowest BCUT2D eigenvalue weighted by molar-refractivity contribution is 0.349. The molecule has 1 fully saturated rings. The van der Waals surface area contributed by atoms with Crippen molar-refractivity contribution in [2.75, 3.05) is 37.0 Å². The van der Waals surface area contributed by atoms with E-state index in [9.17, 15) is 4.79 Å². The molecule has 134 valence electrons. The Balaban J connectivity index is 1.64. The van der Waals surface area contributed by atoms with E-state index in [-0.39, 0.29) is 5.56 Å². The van der Waals surface area contributed by atoms with Gasteiger partial charge in [0.25, 0.3) is 5.56 Å². The van der Waals surface area contributed by atoms with Gasteiger partial charge in [0, 0.05) is 51.2 Å². The normalized spacial score (nSPS) is 15.4. The second kappa shape index (κ2) is 7.21. The van der Waals surface area contributed by atoms with Crippen LogP contribution in [0.25, 0.3) is 0 Å². The first-order valence-corrected chi connectivity index (χ1v) is 8.73. The van der Waals surface area contributed by atoms with Crippen LogP contribution in [0.5, 0.6) is 0 Å². The van der Waals surface area contributed by atoms with Gasteiger partial charge in [-0.05, 0) is 38.7 Å². The molecule has 0 aliphatic carbocycles. The van der Waals surface area contributed by atoms with Crippen LogP contribution >= 0.6 is 0 Å². The summed E-state index contributed by atoms with van der Waals surface area (Å²) in [6.45, 7) is 6.36. The molecule has 2 aromatic rings. The first-order chi connectivity index (χ1) is 12.0. The highest BCUT2D eigenvalue weighted by Gasteiger charge is 2.21. The van der Waals surface area contributed by atoms with E-state index in [1.54, 1.807) is 10.9 Å². The zero-order valence-corrected chi connectivity index (χ0v) is 15.4. The summed E-state index contributed by atoms with van der Waals surface area (Å²) in [5, 5.41) is 0. The second-order valence-corrected chi connectivity index (χ2v) is 6.95. The fourth-order valence-electron chi connectivity index (χ4n) is 3.16. The number of nitrogens with zero attached hydrogens (tertiary/aromatic N) is 6. The molecule has 0 amide bonds. The Kier molecular flexibility index (Phi) is 5.01. The summed E-state index contributed by atoms with van der Waals surface area (Å²) in [6, 6.07) is 1.96. The lowest BCUT2D eigenvalue weighted by atomic mass is 9.96. The SMILES string of the molecule is Cc1ncn(CC2CCN(c3ccnc(N(C)C)n3)CC2)c(=O)c1C. The van der Waals surface area contributed by atoms with Crippen molar-refractivity contribution in [2.24, 2.45) is 5.92 Å². The van der Waals surface area contributed by atoms with Gasteiger partial charge in [-0.1, -0.05) is 0 Å². The monoisotopic (exact) mass is 342 g/mol. The van der Waals surface area contributed by atoms with Crippen molar-refractivity contribution in [2.45, 2.75) is 33.2 Å². The first-order valence-electron chi connectivity index (χ1n) is 8.73. The Morgan fingerprint density at radius 1 is 1.20 bits per heavy atom. The summed E-state index contributed by atoms with van der Waals surface area (Å²) in [5.74, 6) is 2.20. The van der Waals surface area contributed by atoms with E-state index in [1.807, 2.05) is 45.1 Å². The Labute approximate surface area is 148 Å². The molecular weight excluding hydrogens is 316 g/mol. The summed E-state index contributed by atoms with van der Waals surface area (Å²) in [6.07, 6.45) is 5.58. The maximum atomic E-state index is 12.3. The average molecular weight is 342 g/mol. The van der Waals surface area contributed by atoms with Gasteiger partial charge in [-0.2, -0.15) is 4.98 Å². The predicted octanol–water partition coefficient (Wildman–Crippen LogP) is 1.63. The van der Waals surface area contributed by atoms with Gasteiger partial charge in [0.05, 0.1) is 6.33 Å². The molecule has 0 aromatic carbocycles. The van der Waals surface area contributed by atoms with Crippen molar-refractivity contribution < 1.29 is 0 Å². The van der Waals surface area contributed by atoms with Crippen LogP contribution in [0.3, 0.4) is 0 Å². The third-order valence-corrected chi connectivity index (χ3v) is 4.94. The summed E-state index contributed by atoms with van der Waals surface area (Å²) in [7, 11) is 3.89. The molecule has 0 spiro atoms. The summed E-state index contributed by atoms with van der Waals surface area (Å²) in [5.41, 5.74) is 1.65. The van der Waals surface area contributed by atoms with Crippen molar-refractivity contribution >= 4 is 11.8 Å². The zero-order valence-electron chi connectivity index (χ0n) is 15.4. The highest BCUT2D eigenvalue weighted by molar-refractivity contribution is 5.43. The van der Waals surface area contributed by atoms with Gasteiger partial charge >= 0.3 is 0 Å². The van der Waals surface area contributed by atoms with Crippen LogP contribution in [0.4, 0.5) is 11.8 Å². The number of anilines is 2. The maximum Gasteiger partial charge on any atom is 0.256 e. The molecule has 1 aliphatic heterocycles. The van der Waals surface area contributed by atoms with E-state index in [0.717, 1.165) is 55.5 Å². The molecular formula is C18H26N6O. The molecule has 25 heavy (non-hydrogen) atoms. The zero-order chi connectivity index (χ0) is 18.0. The topological polar surface area (TPSA) is 67.2 Å². The van der Waals surface area contributed by atoms with E-state index in [2.05, 4.69) is 19.9 Å². The van der Waals surface area contributed by atoms with E-state index in [4.69, 9.17) is 0 Å². The number of aryl methyl sites for hydroxylation is 1. The van der Waals surface area contributed by atoms with Crippen molar-refractivity contribution in [1.29, 1.82) is 0 Å². The van der Waals surface area contributed by atoms with E-state index in [1.165, 1.54) is 0 Å². The molecule has 0 bridgehead atoms. The average Bonchev–Trinajstić information content (AvgIpc) is 2.63. The number of hydrogen-bond acceptors (Lipinski definition) is 6. The standard InChI is InChI=1S/C18H26N6O/c1-13-14(2)20-12-24(17(13)25)11-15-6-9-23(10-7-15)16-5-8-19-18(21-16)22(3)4/h5,8,12,15H,6-7,9-11H2,1-4H3. The largest absolute Gasteiger partial charge is 0.356 e. The van der Waals surface area contributed by atoms with Crippen LogP contribution in [0, 0.1) is 19.8 Å². The molecule has 7 nitrogen and oxygen atoms in total. The molecule has 0 unspecified atom stereocenters.